The fraction of sp³-hybridized carbons (Fsp3) is 0.571. The van der Waals surface area contributed by atoms with E-state index in [1.54, 1.807) is 6.20 Å². The average Bonchev–Trinajstić information content (AvgIpc) is 3.39. The van der Waals surface area contributed by atoms with E-state index >= 15 is 0 Å². The van der Waals surface area contributed by atoms with Crippen molar-refractivity contribution in [2.24, 2.45) is 10.7 Å². The molecule has 0 bridgehead atoms. The van der Waals surface area contributed by atoms with E-state index in [0.29, 0.717) is 18.0 Å². The Morgan fingerprint density at radius 1 is 1.26 bits per heavy atom. The Morgan fingerprint density at radius 2 is 2.11 bits per heavy atom. The molecule has 1 unspecified atom stereocenters. The van der Waals surface area contributed by atoms with Crippen LogP contribution in [0.1, 0.15) is 68.7 Å². The molecule has 2 aromatic rings. The van der Waals surface area contributed by atoms with E-state index < -0.39 is 0 Å². The second-order valence-electron chi connectivity index (χ2n) is 7.86. The zero-order chi connectivity index (χ0) is 18.6. The Labute approximate surface area is 161 Å². The minimum Gasteiger partial charge on any atom is -0.404 e. The first-order valence-corrected chi connectivity index (χ1v) is 10.3. The van der Waals surface area contributed by atoms with E-state index in [1.807, 2.05) is 23.1 Å². The number of hydrogen-bond donors (Lipinski definition) is 2. The third kappa shape index (κ3) is 3.90. The van der Waals surface area contributed by atoms with Crippen LogP contribution in [-0.4, -0.2) is 39.9 Å². The molecule has 2 fully saturated rings. The summed E-state index contributed by atoms with van der Waals surface area (Å²) in [6.45, 7) is 0. The number of fused-ring (bicyclic) bond motifs is 1. The van der Waals surface area contributed by atoms with Crippen LogP contribution in [0.25, 0.3) is 11.1 Å². The summed E-state index contributed by atoms with van der Waals surface area (Å²) in [7, 11) is 2.06. The number of rotatable bonds is 5. The first-order valence-electron chi connectivity index (χ1n) is 10.3. The number of hydrogen-bond acceptors (Lipinski definition) is 5. The Kier molecular flexibility index (Phi) is 5.53. The van der Waals surface area contributed by atoms with Gasteiger partial charge in [-0.2, -0.15) is 5.10 Å². The lowest BCUT2D eigenvalue weighted by molar-refractivity contribution is 0.352. The van der Waals surface area contributed by atoms with E-state index in [2.05, 4.69) is 23.5 Å². The lowest BCUT2D eigenvalue weighted by atomic mass is 9.83. The summed E-state index contributed by atoms with van der Waals surface area (Å²) in [6.07, 6.45) is 17.0. The van der Waals surface area contributed by atoms with Crippen molar-refractivity contribution in [2.45, 2.75) is 69.4 Å². The van der Waals surface area contributed by atoms with Crippen molar-refractivity contribution >= 4 is 17.3 Å². The van der Waals surface area contributed by atoms with Gasteiger partial charge in [-0.25, -0.2) is 9.50 Å². The topological polar surface area (TPSA) is 80.6 Å². The highest BCUT2D eigenvalue weighted by atomic mass is 15.2. The van der Waals surface area contributed by atoms with Crippen LogP contribution in [0.2, 0.25) is 0 Å². The molecule has 0 radical (unpaired) electrons. The smallest absolute Gasteiger partial charge is 0.0919 e. The van der Waals surface area contributed by atoms with Crippen LogP contribution in [0, 0.1) is 0 Å². The molecule has 2 aromatic heterocycles. The number of nitrogens with one attached hydrogen (secondary N) is 1. The third-order valence-electron chi connectivity index (χ3n) is 6.11. The van der Waals surface area contributed by atoms with Crippen molar-refractivity contribution in [2.75, 3.05) is 7.05 Å². The molecule has 0 aromatic carbocycles. The quantitative estimate of drug-likeness (QED) is 0.796. The standard InChI is InChI=1S/C21H30N6/c1-23-18-8-4-5-15(11-18)21-20-9-10-25-27(20)14-19(26-21)16(12-22)13-24-17-6-2-3-7-17/h9-10,12-15,17-18,23H,2-8,11,22H2,1H3/t15-,18?/m0/s1. The van der Waals surface area contributed by atoms with Gasteiger partial charge in [0.15, 0.2) is 0 Å². The maximum Gasteiger partial charge on any atom is 0.0919 e. The fourth-order valence-electron chi connectivity index (χ4n) is 4.53. The molecule has 2 aliphatic carbocycles. The molecule has 2 aliphatic rings. The van der Waals surface area contributed by atoms with Gasteiger partial charge in [0, 0.05) is 36.0 Å². The molecule has 0 spiro atoms. The van der Waals surface area contributed by atoms with Crippen LogP contribution < -0.4 is 11.1 Å². The van der Waals surface area contributed by atoms with E-state index in [9.17, 15) is 0 Å². The zero-order valence-corrected chi connectivity index (χ0v) is 16.1. The van der Waals surface area contributed by atoms with Crippen LogP contribution in [0.4, 0.5) is 0 Å². The van der Waals surface area contributed by atoms with Crippen molar-refractivity contribution in [3.63, 3.8) is 0 Å². The third-order valence-corrected chi connectivity index (χ3v) is 6.11. The van der Waals surface area contributed by atoms with Crippen LogP contribution >= 0.6 is 0 Å². The van der Waals surface area contributed by atoms with Gasteiger partial charge in [-0.15, -0.1) is 0 Å². The molecule has 0 amide bonds. The average molecular weight is 367 g/mol. The molecule has 6 nitrogen and oxygen atoms in total. The normalized spacial score (nSPS) is 25.0. The van der Waals surface area contributed by atoms with E-state index in [4.69, 9.17) is 15.7 Å². The fourth-order valence-corrected chi connectivity index (χ4v) is 4.53. The molecular formula is C21H30N6. The molecule has 2 atom stereocenters. The molecule has 2 heterocycles. The predicted molar refractivity (Wildman–Crippen MR) is 110 cm³/mol. The largest absolute Gasteiger partial charge is 0.404 e. The Bertz CT molecular complexity index is 830. The van der Waals surface area contributed by atoms with E-state index in [-0.39, 0.29) is 0 Å². The van der Waals surface area contributed by atoms with Crippen molar-refractivity contribution < 1.29 is 0 Å². The molecule has 6 heteroatoms. The van der Waals surface area contributed by atoms with Crippen molar-refractivity contribution in [3.8, 4) is 0 Å². The maximum atomic E-state index is 5.95. The second-order valence-corrected chi connectivity index (χ2v) is 7.86. The van der Waals surface area contributed by atoms with Crippen LogP contribution in [-0.2, 0) is 0 Å². The zero-order valence-electron chi connectivity index (χ0n) is 16.1. The monoisotopic (exact) mass is 366 g/mol. The van der Waals surface area contributed by atoms with Crippen molar-refractivity contribution in [1.29, 1.82) is 0 Å². The van der Waals surface area contributed by atoms with Crippen LogP contribution in [0.15, 0.2) is 29.7 Å². The highest BCUT2D eigenvalue weighted by molar-refractivity contribution is 6.08. The van der Waals surface area contributed by atoms with Gasteiger partial charge < -0.3 is 11.1 Å². The number of nitrogens with two attached hydrogens (primary N) is 1. The van der Waals surface area contributed by atoms with E-state index in [0.717, 1.165) is 28.9 Å². The minimum atomic E-state index is 0.433. The predicted octanol–water partition coefficient (Wildman–Crippen LogP) is 3.29. The molecule has 27 heavy (non-hydrogen) atoms. The Balaban J connectivity index is 1.67. The minimum absolute atomic E-state index is 0.433. The molecule has 4 rings (SSSR count). The summed E-state index contributed by atoms with van der Waals surface area (Å²) >= 11 is 0. The summed E-state index contributed by atoms with van der Waals surface area (Å²) in [5.74, 6) is 0.446. The van der Waals surface area contributed by atoms with Gasteiger partial charge >= 0.3 is 0 Å². The molecule has 0 aliphatic heterocycles. The molecule has 2 saturated carbocycles. The molecule has 3 N–H and O–H groups in total. The number of aliphatic imine (C=N–C) groups is 1. The van der Waals surface area contributed by atoms with Gasteiger partial charge in [-0.3, -0.25) is 4.99 Å². The summed E-state index contributed by atoms with van der Waals surface area (Å²) in [6, 6.07) is 3.06. The molecule has 144 valence electrons. The van der Waals surface area contributed by atoms with Crippen LogP contribution in [0.3, 0.4) is 0 Å². The van der Waals surface area contributed by atoms with E-state index in [1.165, 1.54) is 44.9 Å². The summed E-state index contributed by atoms with van der Waals surface area (Å²) in [5, 5.41) is 7.92. The number of aromatic nitrogens is 3. The Morgan fingerprint density at radius 3 is 2.89 bits per heavy atom. The highest BCUT2D eigenvalue weighted by Gasteiger charge is 2.26. The first-order chi connectivity index (χ1) is 13.3. The van der Waals surface area contributed by atoms with Crippen LogP contribution in [0.5, 0.6) is 0 Å². The van der Waals surface area contributed by atoms with Crippen molar-refractivity contribution in [1.82, 2.24) is 19.9 Å². The SMILES string of the molecule is CNC1CCC[C@H](c2nc(C(C=NC3CCCC3)=CN)cn3nccc23)C1. The number of allylic oxidation sites excluding steroid dienone is 1. The van der Waals surface area contributed by atoms with Gasteiger partial charge in [0.1, 0.15) is 0 Å². The second kappa shape index (κ2) is 8.21. The lowest BCUT2D eigenvalue weighted by Crippen LogP contribution is -2.31. The highest BCUT2D eigenvalue weighted by Crippen LogP contribution is 2.34. The summed E-state index contributed by atoms with van der Waals surface area (Å²) < 4.78 is 1.94. The first kappa shape index (κ1) is 18.2. The Hall–Kier alpha value is -2.21. The van der Waals surface area contributed by atoms with Gasteiger partial charge in [0.25, 0.3) is 0 Å². The van der Waals surface area contributed by atoms with Gasteiger partial charge in [0.05, 0.1) is 29.3 Å². The van der Waals surface area contributed by atoms with Gasteiger partial charge in [-0.1, -0.05) is 19.3 Å². The molecule has 0 saturated heterocycles. The lowest BCUT2D eigenvalue weighted by Gasteiger charge is -2.29. The van der Waals surface area contributed by atoms with Gasteiger partial charge in [-0.05, 0) is 45.2 Å². The van der Waals surface area contributed by atoms with Crippen molar-refractivity contribution in [3.05, 3.63) is 36.0 Å². The van der Waals surface area contributed by atoms with Gasteiger partial charge in [0.2, 0.25) is 0 Å². The molecular weight excluding hydrogens is 336 g/mol. The number of nitrogens with zero attached hydrogens (tertiary/aromatic N) is 4. The maximum absolute atomic E-state index is 5.95. The summed E-state index contributed by atoms with van der Waals surface area (Å²) in [5.41, 5.74) is 9.92. The summed E-state index contributed by atoms with van der Waals surface area (Å²) in [4.78, 5) is 9.81.